The average Bonchev–Trinajstić information content (AvgIpc) is 2.83. The van der Waals surface area contributed by atoms with Gasteiger partial charge in [-0.3, -0.25) is 9.59 Å². The van der Waals surface area contributed by atoms with Crippen molar-refractivity contribution < 1.29 is 9.59 Å². The molecule has 1 aliphatic heterocycles. The van der Waals surface area contributed by atoms with Crippen molar-refractivity contribution in [3.63, 3.8) is 0 Å². The zero-order chi connectivity index (χ0) is 24.2. The number of rotatable bonds is 6. The van der Waals surface area contributed by atoms with E-state index < -0.39 is 0 Å². The molecule has 1 aliphatic rings. The van der Waals surface area contributed by atoms with Crippen molar-refractivity contribution in [2.45, 2.75) is 33.7 Å². The van der Waals surface area contributed by atoms with Crippen LogP contribution in [0.15, 0.2) is 55.3 Å². The molecule has 174 valence electrons. The average molecular weight is 457 g/mol. The highest BCUT2D eigenvalue weighted by Crippen LogP contribution is 2.30. The Morgan fingerprint density at radius 3 is 2.68 bits per heavy atom. The molecular formula is C26H28N6O2. The fourth-order valence-electron chi connectivity index (χ4n) is 4.00. The number of nitrogens with zero attached hydrogens (tertiary/aromatic N) is 3. The van der Waals surface area contributed by atoms with Gasteiger partial charge in [0.25, 0.3) is 0 Å². The van der Waals surface area contributed by atoms with Crippen LogP contribution in [-0.2, 0) is 22.6 Å². The molecule has 0 aliphatic carbocycles. The van der Waals surface area contributed by atoms with Gasteiger partial charge in [-0.2, -0.15) is 4.98 Å². The minimum atomic E-state index is -0.267. The highest BCUT2D eigenvalue weighted by molar-refractivity contribution is 5.99. The molecule has 3 N–H and O–H groups in total. The molecular weight excluding hydrogens is 428 g/mol. The summed E-state index contributed by atoms with van der Waals surface area (Å²) < 4.78 is 0. The lowest BCUT2D eigenvalue weighted by Crippen LogP contribution is -2.34. The molecule has 8 nitrogen and oxygen atoms in total. The Bertz CT molecular complexity index is 1270. The molecule has 34 heavy (non-hydrogen) atoms. The molecule has 0 atom stereocenters. The smallest absolute Gasteiger partial charge is 0.247 e. The Hall–Kier alpha value is -4.20. The second-order valence-corrected chi connectivity index (χ2v) is 8.32. The van der Waals surface area contributed by atoms with Gasteiger partial charge in [-0.05, 0) is 67.3 Å². The van der Waals surface area contributed by atoms with Gasteiger partial charge < -0.3 is 20.9 Å². The maximum absolute atomic E-state index is 11.7. The summed E-state index contributed by atoms with van der Waals surface area (Å²) in [7, 11) is 0. The summed E-state index contributed by atoms with van der Waals surface area (Å²) in [5, 5.41) is 9.40. The van der Waals surface area contributed by atoms with Crippen molar-refractivity contribution >= 4 is 40.6 Å². The maximum atomic E-state index is 11.7. The monoisotopic (exact) mass is 456 g/mol. The quantitative estimate of drug-likeness (QED) is 0.469. The fraction of sp³-hybridized carbons (Fsp3) is 0.231. The SMILES string of the molecule is C=CC(=O)Nc1cccc(Nc2nc(Nc3ccc4c(c3C)CCN(C(C)=O)C4)ncc2C)c1. The van der Waals surface area contributed by atoms with Crippen LogP contribution in [0.1, 0.15) is 29.2 Å². The topological polar surface area (TPSA) is 99.2 Å². The van der Waals surface area contributed by atoms with Crippen LogP contribution in [0.3, 0.4) is 0 Å². The predicted octanol–water partition coefficient (Wildman–Crippen LogP) is 4.61. The number of hydrogen-bond donors (Lipinski definition) is 3. The van der Waals surface area contributed by atoms with Crippen molar-refractivity contribution in [1.82, 2.24) is 14.9 Å². The Morgan fingerprint density at radius 1 is 1.12 bits per heavy atom. The molecule has 8 heteroatoms. The van der Waals surface area contributed by atoms with Crippen LogP contribution in [0, 0.1) is 13.8 Å². The van der Waals surface area contributed by atoms with Gasteiger partial charge in [0.1, 0.15) is 5.82 Å². The molecule has 0 spiro atoms. The fourth-order valence-corrected chi connectivity index (χ4v) is 4.00. The van der Waals surface area contributed by atoms with Crippen LogP contribution >= 0.6 is 0 Å². The lowest BCUT2D eigenvalue weighted by atomic mass is 9.94. The van der Waals surface area contributed by atoms with Gasteiger partial charge >= 0.3 is 0 Å². The van der Waals surface area contributed by atoms with Gasteiger partial charge in [0.05, 0.1) is 0 Å². The molecule has 0 radical (unpaired) electrons. The molecule has 2 amide bonds. The standard InChI is InChI=1S/C26H28N6O2/c1-5-24(34)28-20-7-6-8-21(13-20)29-25-16(2)14-27-26(31-25)30-23-10-9-19-15-32(18(4)33)12-11-22(19)17(23)3/h5-10,13-14H,1,11-12,15H2,2-4H3,(H,28,34)(H2,27,29,30,31). The van der Waals surface area contributed by atoms with Crippen LogP contribution in [0.2, 0.25) is 0 Å². The third kappa shape index (κ3) is 5.06. The molecule has 0 saturated carbocycles. The zero-order valence-corrected chi connectivity index (χ0v) is 19.6. The minimum absolute atomic E-state index is 0.104. The van der Waals surface area contributed by atoms with Gasteiger partial charge in [0, 0.05) is 48.8 Å². The first kappa shape index (κ1) is 23.0. The van der Waals surface area contributed by atoms with E-state index in [1.165, 1.54) is 17.2 Å². The summed E-state index contributed by atoms with van der Waals surface area (Å²) in [5.41, 5.74) is 6.87. The number of amides is 2. The van der Waals surface area contributed by atoms with Crippen molar-refractivity contribution in [1.29, 1.82) is 0 Å². The first-order valence-electron chi connectivity index (χ1n) is 11.1. The third-order valence-corrected chi connectivity index (χ3v) is 5.93. The number of carbonyl (C=O) groups is 2. The van der Waals surface area contributed by atoms with Crippen molar-refractivity contribution in [3.05, 3.63) is 77.5 Å². The number of hydrogen-bond acceptors (Lipinski definition) is 6. The lowest BCUT2D eigenvalue weighted by molar-refractivity contribution is -0.129. The first-order valence-corrected chi connectivity index (χ1v) is 11.1. The summed E-state index contributed by atoms with van der Waals surface area (Å²) in [5.74, 6) is 0.981. The predicted molar refractivity (Wildman–Crippen MR) is 135 cm³/mol. The normalized spacial score (nSPS) is 12.5. The second-order valence-electron chi connectivity index (χ2n) is 8.32. The largest absolute Gasteiger partial charge is 0.340 e. The number of fused-ring (bicyclic) bond motifs is 1. The Balaban J connectivity index is 1.53. The highest BCUT2D eigenvalue weighted by Gasteiger charge is 2.21. The Morgan fingerprint density at radius 2 is 1.91 bits per heavy atom. The van der Waals surface area contributed by atoms with E-state index in [1.807, 2.05) is 36.1 Å². The molecule has 3 aromatic rings. The molecule has 2 heterocycles. The first-order chi connectivity index (χ1) is 16.3. The summed E-state index contributed by atoms with van der Waals surface area (Å²) in [6.45, 7) is 10.5. The van der Waals surface area contributed by atoms with E-state index in [2.05, 4.69) is 45.5 Å². The van der Waals surface area contributed by atoms with Crippen molar-refractivity contribution in [2.75, 3.05) is 22.5 Å². The van der Waals surface area contributed by atoms with E-state index in [-0.39, 0.29) is 11.8 Å². The van der Waals surface area contributed by atoms with E-state index in [0.717, 1.165) is 35.5 Å². The van der Waals surface area contributed by atoms with Crippen LogP contribution in [0.5, 0.6) is 0 Å². The van der Waals surface area contributed by atoms with Crippen LogP contribution in [-0.4, -0.2) is 33.2 Å². The van der Waals surface area contributed by atoms with Crippen molar-refractivity contribution in [2.24, 2.45) is 0 Å². The molecule has 0 bridgehead atoms. The van der Waals surface area contributed by atoms with Gasteiger partial charge in [-0.15, -0.1) is 0 Å². The maximum Gasteiger partial charge on any atom is 0.247 e. The Labute approximate surface area is 199 Å². The molecule has 2 aromatic carbocycles. The molecule has 1 aromatic heterocycles. The van der Waals surface area contributed by atoms with Crippen molar-refractivity contribution in [3.8, 4) is 0 Å². The number of benzene rings is 2. The third-order valence-electron chi connectivity index (χ3n) is 5.93. The summed E-state index contributed by atoms with van der Waals surface area (Å²) in [6, 6.07) is 11.5. The summed E-state index contributed by atoms with van der Waals surface area (Å²) in [6.07, 6.45) is 3.82. The van der Waals surface area contributed by atoms with E-state index in [4.69, 9.17) is 0 Å². The number of nitrogens with one attached hydrogen (secondary N) is 3. The summed E-state index contributed by atoms with van der Waals surface area (Å²) >= 11 is 0. The van der Waals surface area contributed by atoms with Gasteiger partial charge in [0.15, 0.2) is 0 Å². The van der Waals surface area contributed by atoms with Crippen LogP contribution in [0.25, 0.3) is 0 Å². The number of carbonyl (C=O) groups excluding carboxylic acids is 2. The van der Waals surface area contributed by atoms with E-state index >= 15 is 0 Å². The number of anilines is 5. The lowest BCUT2D eigenvalue weighted by Gasteiger charge is -2.29. The van der Waals surface area contributed by atoms with Gasteiger partial charge in [-0.1, -0.05) is 18.7 Å². The number of aryl methyl sites for hydroxylation is 1. The zero-order valence-electron chi connectivity index (χ0n) is 19.6. The van der Waals surface area contributed by atoms with Crippen LogP contribution in [0.4, 0.5) is 28.8 Å². The van der Waals surface area contributed by atoms with E-state index in [1.54, 1.807) is 19.2 Å². The van der Waals surface area contributed by atoms with Gasteiger partial charge in [-0.25, -0.2) is 4.98 Å². The van der Waals surface area contributed by atoms with Crippen LogP contribution < -0.4 is 16.0 Å². The van der Waals surface area contributed by atoms with E-state index in [0.29, 0.717) is 24.0 Å². The Kier molecular flexibility index (Phi) is 6.58. The molecule has 0 unspecified atom stereocenters. The van der Waals surface area contributed by atoms with Gasteiger partial charge in [0.2, 0.25) is 17.8 Å². The molecule has 0 saturated heterocycles. The second kappa shape index (κ2) is 9.74. The minimum Gasteiger partial charge on any atom is -0.340 e. The number of aromatic nitrogens is 2. The highest BCUT2D eigenvalue weighted by atomic mass is 16.2. The molecule has 4 rings (SSSR count). The molecule has 0 fully saturated rings. The summed E-state index contributed by atoms with van der Waals surface area (Å²) in [4.78, 5) is 34.3. The van der Waals surface area contributed by atoms with E-state index in [9.17, 15) is 9.59 Å².